The molecule has 0 saturated carbocycles. The van der Waals surface area contributed by atoms with E-state index in [2.05, 4.69) is 19.1 Å². The van der Waals surface area contributed by atoms with E-state index in [-0.39, 0.29) is 5.97 Å². The Labute approximate surface area is 117 Å². The lowest BCUT2D eigenvalue weighted by atomic mass is 10.1. The molecule has 0 bridgehead atoms. The molecule has 0 N–H and O–H groups in total. The predicted octanol–water partition coefficient (Wildman–Crippen LogP) is 4.07. The number of benzene rings is 2. The molecule has 98 valence electrons. The van der Waals surface area contributed by atoms with Crippen molar-refractivity contribution < 1.29 is 9.53 Å². The summed E-state index contributed by atoms with van der Waals surface area (Å²) in [4.78, 5) is 12.9. The molecule has 0 spiro atoms. The van der Waals surface area contributed by atoms with Crippen LogP contribution in [0.15, 0.2) is 53.4 Å². The Morgan fingerprint density at radius 2 is 1.79 bits per heavy atom. The van der Waals surface area contributed by atoms with Gasteiger partial charge in [-0.05, 0) is 30.2 Å². The quantitative estimate of drug-likeness (QED) is 0.620. The first kappa shape index (κ1) is 13.7. The van der Waals surface area contributed by atoms with Gasteiger partial charge in [0.2, 0.25) is 0 Å². The Balaban J connectivity index is 2.16. The lowest BCUT2D eigenvalue weighted by Gasteiger charge is -2.08. The molecule has 2 rings (SSSR count). The monoisotopic (exact) mass is 272 g/mol. The Hall–Kier alpha value is -1.74. The van der Waals surface area contributed by atoms with Crippen molar-refractivity contribution in [2.45, 2.75) is 17.6 Å². The second-order valence-electron chi connectivity index (χ2n) is 4.20. The van der Waals surface area contributed by atoms with Crippen molar-refractivity contribution in [3.8, 4) is 0 Å². The maximum absolute atomic E-state index is 11.7. The summed E-state index contributed by atoms with van der Waals surface area (Å²) in [5.41, 5.74) is 2.90. The fourth-order valence-electron chi connectivity index (χ4n) is 1.83. The normalized spacial score (nSPS) is 10.2. The number of carbonyl (C=O) groups is 1. The molecule has 0 aliphatic rings. The third kappa shape index (κ3) is 3.38. The minimum Gasteiger partial charge on any atom is -0.465 e. The van der Waals surface area contributed by atoms with Crippen LogP contribution in [-0.2, 0) is 10.5 Å². The molecule has 0 unspecified atom stereocenters. The van der Waals surface area contributed by atoms with Crippen LogP contribution >= 0.6 is 11.8 Å². The smallest absolute Gasteiger partial charge is 0.338 e. The number of esters is 1. The molecule has 0 atom stereocenters. The van der Waals surface area contributed by atoms with E-state index in [1.807, 2.05) is 30.3 Å². The largest absolute Gasteiger partial charge is 0.465 e. The second-order valence-corrected chi connectivity index (χ2v) is 5.22. The van der Waals surface area contributed by atoms with Crippen LogP contribution in [-0.4, -0.2) is 13.1 Å². The van der Waals surface area contributed by atoms with Crippen molar-refractivity contribution in [3.63, 3.8) is 0 Å². The number of hydrogen-bond donors (Lipinski definition) is 0. The number of ether oxygens (including phenoxy) is 1. The zero-order valence-corrected chi connectivity index (χ0v) is 11.9. The molecule has 0 aliphatic heterocycles. The van der Waals surface area contributed by atoms with Gasteiger partial charge in [-0.15, -0.1) is 11.8 Å². The highest BCUT2D eigenvalue weighted by Crippen LogP contribution is 2.27. The summed E-state index contributed by atoms with van der Waals surface area (Å²) in [6.07, 6.45) is 0. The van der Waals surface area contributed by atoms with Crippen LogP contribution in [0.4, 0.5) is 0 Å². The van der Waals surface area contributed by atoms with Crippen LogP contribution in [0.1, 0.15) is 21.5 Å². The van der Waals surface area contributed by atoms with E-state index in [1.54, 1.807) is 17.8 Å². The molecule has 0 aromatic heterocycles. The zero-order valence-electron chi connectivity index (χ0n) is 11.1. The first-order valence-corrected chi connectivity index (χ1v) is 7.05. The molecule has 3 heteroatoms. The van der Waals surface area contributed by atoms with Gasteiger partial charge < -0.3 is 4.74 Å². The van der Waals surface area contributed by atoms with Crippen LogP contribution in [0.2, 0.25) is 0 Å². The molecular formula is C16H16O2S. The standard InChI is InChI=1S/C16H16O2S/c1-12-7-3-6-10-15(12)19-11-13-8-4-5-9-14(13)16(17)18-2/h3-10H,11H2,1-2H3. The van der Waals surface area contributed by atoms with Gasteiger partial charge in [0.25, 0.3) is 0 Å². The minimum absolute atomic E-state index is 0.277. The highest BCUT2D eigenvalue weighted by molar-refractivity contribution is 7.98. The average molecular weight is 272 g/mol. The van der Waals surface area contributed by atoms with Crippen LogP contribution in [0.3, 0.4) is 0 Å². The molecular weight excluding hydrogens is 256 g/mol. The van der Waals surface area contributed by atoms with Gasteiger partial charge in [0.15, 0.2) is 0 Å². The molecule has 0 amide bonds. The van der Waals surface area contributed by atoms with Crippen LogP contribution in [0.25, 0.3) is 0 Å². The Kier molecular flexibility index (Phi) is 4.63. The van der Waals surface area contributed by atoms with Crippen molar-refractivity contribution in [1.29, 1.82) is 0 Å². The highest BCUT2D eigenvalue weighted by atomic mass is 32.2. The summed E-state index contributed by atoms with van der Waals surface area (Å²) in [6, 6.07) is 15.8. The topological polar surface area (TPSA) is 26.3 Å². The average Bonchev–Trinajstić information content (AvgIpc) is 2.46. The maximum atomic E-state index is 11.7. The predicted molar refractivity (Wildman–Crippen MR) is 78.5 cm³/mol. The van der Waals surface area contributed by atoms with Crippen molar-refractivity contribution >= 4 is 17.7 Å². The van der Waals surface area contributed by atoms with Crippen LogP contribution in [0.5, 0.6) is 0 Å². The summed E-state index contributed by atoms with van der Waals surface area (Å²) >= 11 is 1.73. The molecule has 0 fully saturated rings. The third-order valence-electron chi connectivity index (χ3n) is 2.90. The Morgan fingerprint density at radius 1 is 1.11 bits per heavy atom. The summed E-state index contributed by atoms with van der Waals surface area (Å²) < 4.78 is 4.80. The van der Waals surface area contributed by atoms with Crippen LogP contribution < -0.4 is 0 Å². The third-order valence-corrected chi connectivity index (χ3v) is 4.12. The maximum Gasteiger partial charge on any atom is 0.338 e. The number of aryl methyl sites for hydroxylation is 1. The fourth-order valence-corrected chi connectivity index (χ4v) is 2.86. The van der Waals surface area contributed by atoms with E-state index in [9.17, 15) is 4.79 Å². The second kappa shape index (κ2) is 6.43. The molecule has 0 heterocycles. The summed E-state index contributed by atoms with van der Waals surface area (Å²) in [5, 5.41) is 0. The SMILES string of the molecule is COC(=O)c1ccccc1CSc1ccccc1C. The zero-order chi connectivity index (χ0) is 13.7. The molecule has 0 aliphatic carbocycles. The van der Waals surface area contributed by atoms with E-state index >= 15 is 0 Å². The van der Waals surface area contributed by atoms with Gasteiger partial charge in [-0.3, -0.25) is 0 Å². The van der Waals surface area contributed by atoms with Gasteiger partial charge >= 0.3 is 5.97 Å². The van der Waals surface area contributed by atoms with Crippen LogP contribution in [0, 0.1) is 6.92 Å². The van der Waals surface area contributed by atoms with Gasteiger partial charge in [0.1, 0.15) is 0 Å². The van der Waals surface area contributed by atoms with Gasteiger partial charge in [-0.2, -0.15) is 0 Å². The number of carbonyl (C=O) groups excluding carboxylic acids is 1. The highest BCUT2D eigenvalue weighted by Gasteiger charge is 2.11. The molecule has 2 aromatic carbocycles. The minimum atomic E-state index is -0.277. The number of thioether (sulfide) groups is 1. The first-order chi connectivity index (χ1) is 9.22. The van der Waals surface area contributed by atoms with Gasteiger partial charge in [-0.25, -0.2) is 4.79 Å². The van der Waals surface area contributed by atoms with E-state index in [4.69, 9.17) is 4.74 Å². The van der Waals surface area contributed by atoms with Crippen molar-refractivity contribution in [3.05, 3.63) is 65.2 Å². The molecule has 2 nitrogen and oxygen atoms in total. The van der Waals surface area contributed by atoms with E-state index < -0.39 is 0 Å². The first-order valence-electron chi connectivity index (χ1n) is 6.07. The lowest BCUT2D eigenvalue weighted by Crippen LogP contribution is -2.04. The molecule has 0 radical (unpaired) electrons. The van der Waals surface area contributed by atoms with E-state index in [0.29, 0.717) is 5.56 Å². The van der Waals surface area contributed by atoms with Crippen molar-refractivity contribution in [2.75, 3.05) is 7.11 Å². The van der Waals surface area contributed by atoms with Gasteiger partial charge in [-0.1, -0.05) is 36.4 Å². The molecule has 0 saturated heterocycles. The fraction of sp³-hybridized carbons (Fsp3) is 0.188. The number of rotatable bonds is 4. The van der Waals surface area contributed by atoms with Crippen molar-refractivity contribution in [2.24, 2.45) is 0 Å². The number of hydrogen-bond acceptors (Lipinski definition) is 3. The van der Waals surface area contributed by atoms with E-state index in [0.717, 1.165) is 11.3 Å². The Bertz CT molecular complexity index is 578. The summed E-state index contributed by atoms with van der Waals surface area (Å²) in [5.74, 6) is 0.483. The van der Waals surface area contributed by atoms with Gasteiger partial charge in [0.05, 0.1) is 12.7 Å². The number of methoxy groups -OCH3 is 1. The summed E-state index contributed by atoms with van der Waals surface area (Å²) in [7, 11) is 1.41. The van der Waals surface area contributed by atoms with Crippen molar-refractivity contribution in [1.82, 2.24) is 0 Å². The summed E-state index contributed by atoms with van der Waals surface area (Å²) in [6.45, 7) is 2.09. The van der Waals surface area contributed by atoms with Gasteiger partial charge in [0, 0.05) is 10.6 Å². The Morgan fingerprint density at radius 3 is 2.53 bits per heavy atom. The lowest BCUT2D eigenvalue weighted by molar-refractivity contribution is 0.0600. The molecule has 19 heavy (non-hydrogen) atoms. The molecule has 2 aromatic rings. The van der Waals surface area contributed by atoms with E-state index in [1.165, 1.54) is 17.6 Å².